The smallest absolute Gasteiger partial charge is 0.216 e. The van der Waals surface area contributed by atoms with Crippen LogP contribution in [0.15, 0.2) is 23.2 Å². The van der Waals surface area contributed by atoms with Crippen LogP contribution in [0.4, 0.5) is 0 Å². The van der Waals surface area contributed by atoms with E-state index in [2.05, 4.69) is 4.99 Å². The molecule has 0 fully saturated rings. The van der Waals surface area contributed by atoms with Crippen LogP contribution in [0.3, 0.4) is 0 Å². The number of fused-ring (bicyclic) bond motifs is 1. The van der Waals surface area contributed by atoms with Gasteiger partial charge >= 0.3 is 0 Å². The van der Waals surface area contributed by atoms with Gasteiger partial charge in [-0.25, -0.2) is 4.99 Å². The van der Waals surface area contributed by atoms with E-state index < -0.39 is 0 Å². The Morgan fingerprint density at radius 3 is 3.07 bits per heavy atom. The van der Waals surface area contributed by atoms with E-state index in [0.717, 1.165) is 23.4 Å². The van der Waals surface area contributed by atoms with E-state index in [-0.39, 0.29) is 0 Å². The number of benzene rings is 1. The molecule has 0 bridgehead atoms. The van der Waals surface area contributed by atoms with Crippen LogP contribution in [-0.2, 0) is 16.1 Å². The highest BCUT2D eigenvalue weighted by atomic mass is 16.7. The summed E-state index contributed by atoms with van der Waals surface area (Å²) in [5.41, 5.74) is 2.02. The minimum atomic E-state index is 0.323. The molecular weight excluding hydrogens is 194 g/mol. The molecule has 3 rings (SSSR count). The van der Waals surface area contributed by atoms with E-state index in [4.69, 9.17) is 14.2 Å². The maximum Gasteiger partial charge on any atom is 0.216 e. The second kappa shape index (κ2) is 3.55. The van der Waals surface area contributed by atoms with Gasteiger partial charge in [-0.3, -0.25) is 0 Å². The summed E-state index contributed by atoms with van der Waals surface area (Å²) >= 11 is 0. The van der Waals surface area contributed by atoms with Gasteiger partial charge in [-0.05, 0) is 12.1 Å². The lowest BCUT2D eigenvalue weighted by Gasteiger charge is -2.19. The fourth-order valence-electron chi connectivity index (χ4n) is 1.80. The van der Waals surface area contributed by atoms with Gasteiger partial charge in [0, 0.05) is 11.1 Å². The van der Waals surface area contributed by atoms with Gasteiger partial charge < -0.3 is 14.2 Å². The van der Waals surface area contributed by atoms with Crippen LogP contribution in [-0.4, -0.2) is 25.8 Å². The van der Waals surface area contributed by atoms with Gasteiger partial charge in [-0.1, -0.05) is 6.07 Å². The first-order valence-electron chi connectivity index (χ1n) is 4.95. The van der Waals surface area contributed by atoms with Crippen molar-refractivity contribution in [3.05, 3.63) is 29.3 Å². The van der Waals surface area contributed by atoms with E-state index in [1.54, 1.807) is 0 Å². The quantitative estimate of drug-likeness (QED) is 0.694. The molecule has 78 valence electrons. The molecule has 0 N–H and O–H groups in total. The molecule has 0 aromatic heterocycles. The molecule has 1 aromatic rings. The second-order valence-electron chi connectivity index (χ2n) is 3.43. The van der Waals surface area contributed by atoms with Crippen molar-refractivity contribution in [3.63, 3.8) is 0 Å². The van der Waals surface area contributed by atoms with Crippen molar-refractivity contribution in [1.82, 2.24) is 0 Å². The third-order valence-electron chi connectivity index (χ3n) is 2.49. The van der Waals surface area contributed by atoms with Crippen LogP contribution in [0.5, 0.6) is 5.75 Å². The van der Waals surface area contributed by atoms with Crippen LogP contribution in [0.25, 0.3) is 0 Å². The minimum absolute atomic E-state index is 0.323. The Hall–Kier alpha value is -1.55. The Morgan fingerprint density at radius 2 is 2.20 bits per heavy atom. The first-order valence-corrected chi connectivity index (χ1v) is 4.95. The molecule has 0 atom stereocenters. The van der Waals surface area contributed by atoms with Crippen LogP contribution < -0.4 is 4.74 Å². The van der Waals surface area contributed by atoms with E-state index in [9.17, 15) is 0 Å². The lowest BCUT2D eigenvalue weighted by Crippen LogP contribution is -2.15. The minimum Gasteiger partial charge on any atom is -0.475 e. The highest BCUT2D eigenvalue weighted by molar-refractivity contribution is 5.97. The molecule has 0 unspecified atom stereocenters. The molecule has 4 nitrogen and oxygen atoms in total. The molecule has 2 aliphatic heterocycles. The molecule has 1 aromatic carbocycles. The van der Waals surface area contributed by atoms with Gasteiger partial charge in [0.05, 0.1) is 13.2 Å². The Bertz CT molecular complexity index is 414. The van der Waals surface area contributed by atoms with Crippen LogP contribution >= 0.6 is 0 Å². The van der Waals surface area contributed by atoms with Crippen molar-refractivity contribution >= 4 is 5.90 Å². The third-order valence-corrected chi connectivity index (χ3v) is 2.49. The van der Waals surface area contributed by atoms with Crippen molar-refractivity contribution in [3.8, 4) is 5.75 Å². The second-order valence-corrected chi connectivity index (χ2v) is 3.43. The number of nitrogens with zero attached hydrogens (tertiary/aromatic N) is 1. The molecule has 0 spiro atoms. The highest BCUT2D eigenvalue weighted by Gasteiger charge is 2.20. The van der Waals surface area contributed by atoms with Crippen molar-refractivity contribution < 1.29 is 14.2 Å². The normalized spacial score (nSPS) is 18.8. The predicted octanol–water partition coefficient (Wildman–Crippen LogP) is 1.33. The number of hydrogen-bond donors (Lipinski definition) is 0. The van der Waals surface area contributed by atoms with Gasteiger partial charge in [0.1, 0.15) is 12.4 Å². The zero-order chi connectivity index (χ0) is 10.1. The molecule has 2 heterocycles. The Morgan fingerprint density at radius 1 is 1.20 bits per heavy atom. The van der Waals surface area contributed by atoms with Crippen molar-refractivity contribution in [1.29, 1.82) is 0 Å². The summed E-state index contributed by atoms with van der Waals surface area (Å²) in [4.78, 5) is 4.30. The zero-order valence-electron chi connectivity index (χ0n) is 8.23. The van der Waals surface area contributed by atoms with Crippen LogP contribution in [0, 0.1) is 0 Å². The van der Waals surface area contributed by atoms with E-state index in [0.29, 0.717) is 25.9 Å². The average molecular weight is 205 g/mol. The van der Waals surface area contributed by atoms with Crippen molar-refractivity contribution in [2.24, 2.45) is 4.99 Å². The van der Waals surface area contributed by atoms with Gasteiger partial charge in [-0.15, -0.1) is 0 Å². The van der Waals surface area contributed by atoms with Crippen LogP contribution in [0.1, 0.15) is 11.1 Å². The topological polar surface area (TPSA) is 40.0 Å². The predicted molar refractivity (Wildman–Crippen MR) is 54.1 cm³/mol. The largest absolute Gasteiger partial charge is 0.475 e. The molecule has 0 saturated carbocycles. The first kappa shape index (κ1) is 8.73. The maximum atomic E-state index is 5.44. The molecule has 2 aliphatic rings. The molecular formula is C11H11NO3. The highest BCUT2D eigenvalue weighted by Crippen LogP contribution is 2.27. The van der Waals surface area contributed by atoms with Crippen molar-refractivity contribution in [2.45, 2.75) is 6.61 Å². The maximum absolute atomic E-state index is 5.44. The zero-order valence-corrected chi connectivity index (χ0v) is 8.23. The summed E-state index contributed by atoms with van der Waals surface area (Å²) < 4.78 is 16.1. The summed E-state index contributed by atoms with van der Waals surface area (Å²) in [5.74, 6) is 1.58. The van der Waals surface area contributed by atoms with Gasteiger partial charge in [0.25, 0.3) is 0 Å². The molecule has 0 saturated heterocycles. The fraction of sp³-hybridized carbons (Fsp3) is 0.364. The lowest BCUT2D eigenvalue weighted by atomic mass is 10.1. The summed E-state index contributed by atoms with van der Waals surface area (Å²) in [6.07, 6.45) is 0. The number of hydrogen-bond acceptors (Lipinski definition) is 4. The summed E-state index contributed by atoms with van der Waals surface area (Å²) in [7, 11) is 0. The molecule has 0 aliphatic carbocycles. The monoisotopic (exact) mass is 205 g/mol. The first-order chi connectivity index (χ1) is 7.45. The van der Waals surface area contributed by atoms with E-state index in [1.807, 2.05) is 18.2 Å². The van der Waals surface area contributed by atoms with Gasteiger partial charge in [0.15, 0.2) is 6.79 Å². The number of aliphatic imine (C=N–C) groups is 1. The molecule has 0 amide bonds. The van der Waals surface area contributed by atoms with Crippen molar-refractivity contribution in [2.75, 3.05) is 19.9 Å². The Kier molecular flexibility index (Phi) is 2.07. The average Bonchev–Trinajstić information content (AvgIpc) is 2.82. The molecule has 0 radical (unpaired) electrons. The Labute approximate surface area is 87.5 Å². The number of ether oxygens (including phenoxy) is 3. The van der Waals surface area contributed by atoms with Gasteiger partial charge in [-0.2, -0.15) is 0 Å². The summed E-state index contributed by atoms with van der Waals surface area (Å²) in [6, 6.07) is 5.88. The molecule has 15 heavy (non-hydrogen) atoms. The van der Waals surface area contributed by atoms with Crippen LogP contribution in [0.2, 0.25) is 0 Å². The van der Waals surface area contributed by atoms with E-state index in [1.165, 1.54) is 0 Å². The number of rotatable bonds is 1. The lowest BCUT2D eigenvalue weighted by molar-refractivity contribution is -0.0165. The summed E-state index contributed by atoms with van der Waals surface area (Å²) in [6.45, 7) is 2.29. The van der Waals surface area contributed by atoms with E-state index >= 15 is 0 Å². The Balaban J connectivity index is 2.06. The standard InChI is InChI=1S/C11H11NO3/c1-2-8(11-12-4-5-14-11)9-6-13-7-15-10(9)3-1/h1-3H,4-7H2. The SMILES string of the molecule is c1cc2c(c(C3=NCCO3)c1)COCO2. The molecule has 4 heteroatoms. The van der Waals surface area contributed by atoms with Gasteiger partial charge in [0.2, 0.25) is 5.90 Å². The third kappa shape index (κ3) is 1.47. The fourth-order valence-corrected chi connectivity index (χ4v) is 1.80. The summed E-state index contributed by atoms with van der Waals surface area (Å²) in [5, 5.41) is 0.